The van der Waals surface area contributed by atoms with E-state index >= 15 is 0 Å². The standard InChI is InChI=1S/C22H29N5O/c1-7-18-19(14(4)5)24-21-20(15(6)25-27(21)22(18)28)23-16-10-12-17(13-11-16)26(8-2)9-3/h10-14,25H,6-9H2,1-5H3. The maximum Gasteiger partial charge on any atom is 0.276 e. The highest BCUT2D eigenvalue weighted by atomic mass is 16.1. The second-order valence-corrected chi connectivity index (χ2v) is 7.19. The molecule has 0 unspecified atom stereocenters. The highest BCUT2D eigenvalue weighted by Gasteiger charge is 2.16. The molecule has 2 aromatic heterocycles. The molecule has 1 N–H and O–H groups in total. The lowest BCUT2D eigenvalue weighted by atomic mass is 10.0. The molecule has 28 heavy (non-hydrogen) atoms. The Bertz CT molecular complexity index is 1130. The fourth-order valence-electron chi connectivity index (χ4n) is 3.54. The van der Waals surface area contributed by atoms with E-state index in [1.165, 1.54) is 10.2 Å². The normalized spacial score (nSPS) is 12.3. The van der Waals surface area contributed by atoms with Gasteiger partial charge in [0.05, 0.1) is 16.7 Å². The molecule has 0 fully saturated rings. The molecule has 6 nitrogen and oxygen atoms in total. The number of benzene rings is 1. The fourth-order valence-corrected chi connectivity index (χ4v) is 3.54. The number of aromatic nitrogens is 3. The molecule has 0 saturated heterocycles. The first-order valence-electron chi connectivity index (χ1n) is 9.97. The number of hydrogen-bond acceptors (Lipinski definition) is 4. The molecule has 0 spiro atoms. The summed E-state index contributed by atoms with van der Waals surface area (Å²) in [5.74, 6) is 0.164. The molecule has 0 atom stereocenters. The highest BCUT2D eigenvalue weighted by molar-refractivity contribution is 5.53. The van der Waals surface area contributed by atoms with E-state index < -0.39 is 0 Å². The molecule has 0 aliphatic heterocycles. The third-order valence-corrected chi connectivity index (χ3v) is 5.07. The largest absolute Gasteiger partial charge is 0.372 e. The Morgan fingerprint density at radius 2 is 1.82 bits per heavy atom. The van der Waals surface area contributed by atoms with E-state index in [9.17, 15) is 4.79 Å². The van der Waals surface area contributed by atoms with Crippen LogP contribution in [0.2, 0.25) is 0 Å². The van der Waals surface area contributed by atoms with Crippen LogP contribution in [0.3, 0.4) is 0 Å². The minimum Gasteiger partial charge on any atom is -0.372 e. The maximum absolute atomic E-state index is 12.9. The summed E-state index contributed by atoms with van der Waals surface area (Å²) in [5, 5.41) is 4.23. The Morgan fingerprint density at radius 1 is 1.18 bits per heavy atom. The maximum atomic E-state index is 12.9. The molecule has 0 aliphatic carbocycles. The van der Waals surface area contributed by atoms with Crippen LogP contribution in [0.1, 0.15) is 51.8 Å². The Hall–Kier alpha value is -2.89. The van der Waals surface area contributed by atoms with Crippen molar-refractivity contribution in [3.8, 4) is 0 Å². The van der Waals surface area contributed by atoms with Crippen LogP contribution in [-0.2, 0) is 6.42 Å². The first-order chi connectivity index (χ1) is 13.4. The number of nitrogens with one attached hydrogen (secondary N) is 1. The second-order valence-electron chi connectivity index (χ2n) is 7.19. The third-order valence-electron chi connectivity index (χ3n) is 5.07. The summed E-state index contributed by atoms with van der Waals surface area (Å²) in [7, 11) is 0. The molecule has 0 saturated carbocycles. The van der Waals surface area contributed by atoms with E-state index in [0.29, 0.717) is 22.8 Å². The van der Waals surface area contributed by atoms with Gasteiger partial charge in [0.15, 0.2) is 5.65 Å². The highest BCUT2D eigenvalue weighted by Crippen LogP contribution is 2.19. The molecule has 2 heterocycles. The van der Waals surface area contributed by atoms with Crippen molar-refractivity contribution in [1.29, 1.82) is 0 Å². The number of anilines is 1. The Labute approximate surface area is 165 Å². The quantitative estimate of drug-likeness (QED) is 0.716. The molecular formula is C22H29N5O. The zero-order valence-electron chi connectivity index (χ0n) is 17.4. The summed E-state index contributed by atoms with van der Waals surface area (Å²) < 4.78 is 1.47. The molecule has 0 amide bonds. The third kappa shape index (κ3) is 3.46. The van der Waals surface area contributed by atoms with Crippen LogP contribution in [0.4, 0.5) is 11.4 Å². The van der Waals surface area contributed by atoms with Gasteiger partial charge in [0.2, 0.25) is 0 Å². The number of H-pyrrole nitrogens is 1. The zero-order chi connectivity index (χ0) is 20.4. The molecule has 6 heteroatoms. The van der Waals surface area contributed by atoms with Crippen LogP contribution in [0.15, 0.2) is 34.1 Å². The van der Waals surface area contributed by atoms with Gasteiger partial charge in [-0.3, -0.25) is 9.89 Å². The Balaban J connectivity index is 2.19. The molecule has 0 aliphatic rings. The van der Waals surface area contributed by atoms with E-state index in [2.05, 4.69) is 56.4 Å². The van der Waals surface area contributed by atoms with Crippen molar-refractivity contribution >= 4 is 23.6 Å². The van der Waals surface area contributed by atoms with E-state index in [0.717, 1.165) is 30.0 Å². The number of aromatic amines is 1. The first-order valence-corrected chi connectivity index (χ1v) is 9.97. The van der Waals surface area contributed by atoms with Crippen LogP contribution in [0.25, 0.3) is 12.2 Å². The van der Waals surface area contributed by atoms with Crippen molar-refractivity contribution in [2.45, 2.75) is 47.0 Å². The second kappa shape index (κ2) is 8.00. The molecule has 148 valence electrons. The fraction of sp³-hybridized carbons (Fsp3) is 0.409. The van der Waals surface area contributed by atoms with Crippen LogP contribution in [0.5, 0.6) is 0 Å². The first kappa shape index (κ1) is 19.9. The van der Waals surface area contributed by atoms with Crippen LogP contribution < -0.4 is 21.2 Å². The van der Waals surface area contributed by atoms with Gasteiger partial charge in [0.1, 0.15) is 5.36 Å². The van der Waals surface area contributed by atoms with Crippen molar-refractivity contribution in [3.63, 3.8) is 0 Å². The minimum absolute atomic E-state index is 0.0700. The summed E-state index contributed by atoms with van der Waals surface area (Å²) in [6.07, 6.45) is 0.646. The van der Waals surface area contributed by atoms with Crippen LogP contribution in [0, 0.1) is 0 Å². The average Bonchev–Trinajstić information content (AvgIpc) is 3.00. The molecule has 3 rings (SSSR count). The lowest BCUT2D eigenvalue weighted by Crippen LogP contribution is -2.24. The number of fused-ring (bicyclic) bond motifs is 1. The molecule has 1 aromatic carbocycles. The monoisotopic (exact) mass is 379 g/mol. The van der Waals surface area contributed by atoms with Crippen LogP contribution >= 0.6 is 0 Å². The SMILES string of the molecule is C=c1[nH]n2c(=O)c(CC)c(C(C)C)nc2c1=Nc1ccc(N(CC)CC)cc1. The average molecular weight is 380 g/mol. The van der Waals surface area contributed by atoms with Crippen molar-refractivity contribution in [3.05, 3.63) is 56.6 Å². The lowest BCUT2D eigenvalue weighted by Gasteiger charge is -2.20. The van der Waals surface area contributed by atoms with Gasteiger partial charge < -0.3 is 4.90 Å². The van der Waals surface area contributed by atoms with E-state index in [1.807, 2.05) is 19.1 Å². The Morgan fingerprint density at radius 3 is 2.36 bits per heavy atom. The Kier molecular flexibility index (Phi) is 5.68. The summed E-state index contributed by atoms with van der Waals surface area (Å²) in [4.78, 5) is 24.7. The van der Waals surface area contributed by atoms with Gasteiger partial charge in [0.25, 0.3) is 5.56 Å². The van der Waals surface area contributed by atoms with Gasteiger partial charge >= 0.3 is 0 Å². The predicted molar refractivity (Wildman–Crippen MR) is 115 cm³/mol. The number of nitrogens with zero attached hydrogens (tertiary/aromatic N) is 4. The summed E-state index contributed by atoms with van der Waals surface area (Å²) in [6, 6.07) is 8.10. The molecular weight excluding hydrogens is 350 g/mol. The van der Waals surface area contributed by atoms with Crippen LogP contribution in [-0.4, -0.2) is 27.7 Å². The minimum atomic E-state index is -0.0700. The van der Waals surface area contributed by atoms with E-state index in [1.54, 1.807) is 0 Å². The van der Waals surface area contributed by atoms with Gasteiger partial charge in [-0.2, -0.15) is 4.52 Å². The molecule has 3 aromatic rings. The lowest BCUT2D eigenvalue weighted by molar-refractivity contribution is 0.763. The predicted octanol–water partition coefficient (Wildman–Crippen LogP) is 2.92. The van der Waals surface area contributed by atoms with Gasteiger partial charge in [0, 0.05) is 24.3 Å². The van der Waals surface area contributed by atoms with E-state index in [4.69, 9.17) is 9.98 Å². The summed E-state index contributed by atoms with van der Waals surface area (Å²) >= 11 is 0. The van der Waals surface area contributed by atoms with Gasteiger partial charge in [-0.15, -0.1) is 0 Å². The summed E-state index contributed by atoms with van der Waals surface area (Å²) in [6.45, 7) is 16.3. The van der Waals surface area contributed by atoms with Gasteiger partial charge in [-0.1, -0.05) is 27.4 Å². The summed E-state index contributed by atoms with van der Waals surface area (Å²) in [5.41, 5.74) is 4.01. The van der Waals surface area contributed by atoms with Gasteiger partial charge in [-0.05, 0) is 50.5 Å². The van der Waals surface area contributed by atoms with Crippen molar-refractivity contribution in [2.75, 3.05) is 18.0 Å². The number of rotatable bonds is 6. The number of hydrogen-bond donors (Lipinski definition) is 1. The van der Waals surface area contributed by atoms with E-state index in [-0.39, 0.29) is 11.5 Å². The smallest absolute Gasteiger partial charge is 0.276 e. The van der Waals surface area contributed by atoms with Crippen molar-refractivity contribution < 1.29 is 0 Å². The molecule has 0 bridgehead atoms. The van der Waals surface area contributed by atoms with Crippen molar-refractivity contribution in [2.24, 2.45) is 4.99 Å². The molecule has 0 radical (unpaired) electrons. The van der Waals surface area contributed by atoms with Crippen molar-refractivity contribution in [1.82, 2.24) is 14.6 Å². The topological polar surface area (TPSA) is 65.8 Å². The zero-order valence-corrected chi connectivity index (χ0v) is 17.4. The van der Waals surface area contributed by atoms with Gasteiger partial charge in [-0.25, -0.2) is 9.98 Å².